The third-order valence-electron chi connectivity index (χ3n) is 7.78. The predicted molar refractivity (Wildman–Crippen MR) is 180 cm³/mol. The summed E-state index contributed by atoms with van der Waals surface area (Å²) < 4.78 is 5.65. The zero-order chi connectivity index (χ0) is 33.6. The third-order valence-corrected chi connectivity index (χ3v) is 7.78. The number of aliphatic hydroxyl groups excluding tert-OH is 1. The molecule has 4 aromatic rings. The van der Waals surface area contributed by atoms with E-state index in [1.54, 1.807) is 6.07 Å². The minimum atomic E-state index is -1.82. The number of carbonyl (C=O) groups excluding carboxylic acids is 3. The van der Waals surface area contributed by atoms with Crippen LogP contribution in [0.5, 0.6) is 5.75 Å². The quantitative estimate of drug-likeness (QED) is 0.0553. The van der Waals surface area contributed by atoms with Crippen molar-refractivity contribution in [1.29, 1.82) is 0 Å². The van der Waals surface area contributed by atoms with Gasteiger partial charge >= 0.3 is 7.12 Å². The number of Topliss-reactive ketones (excluding diaryl/α,β-unsaturated/α-hetero) is 1. The molecular formula is C36H42BN3O7. The number of aromatic amines is 1. The summed E-state index contributed by atoms with van der Waals surface area (Å²) in [6, 6.07) is 26.2. The van der Waals surface area contributed by atoms with Gasteiger partial charge in [0.05, 0.1) is 18.2 Å². The maximum absolute atomic E-state index is 13.5. The number of aromatic nitrogens is 1. The van der Waals surface area contributed by atoms with Crippen molar-refractivity contribution >= 4 is 24.7 Å². The summed E-state index contributed by atoms with van der Waals surface area (Å²) >= 11 is 0. The van der Waals surface area contributed by atoms with Crippen LogP contribution >= 0.6 is 0 Å². The van der Waals surface area contributed by atoms with Crippen LogP contribution in [0.1, 0.15) is 62.5 Å². The first kappa shape index (κ1) is 35.2. The zero-order valence-corrected chi connectivity index (χ0v) is 26.5. The molecule has 3 aromatic carbocycles. The first-order valence-electron chi connectivity index (χ1n) is 15.8. The Morgan fingerprint density at radius 3 is 2.13 bits per heavy atom. The number of hydrogen-bond donors (Lipinski definition) is 6. The standard InChI is InChI=1S/C36H42BN3O7/c1-25-9-11-28(12-10-25)23-32(36(44)40-34(37(45)46)24-27-7-3-2-4-8-27)39-35(43)31-19-18-30(38-31)33(42)20-15-26-13-16-29(17-14-26)47-22-6-5-21-41/h2-4,7-14,16-19,32,34,38,41,45-46H,5-6,15,20-24H2,1H3,(H,39,43)(H,40,44)/t32-,34-/m0/s1. The first-order chi connectivity index (χ1) is 22.7. The van der Waals surface area contributed by atoms with Crippen LogP contribution in [0.15, 0.2) is 91.0 Å². The van der Waals surface area contributed by atoms with E-state index in [2.05, 4.69) is 15.6 Å². The second-order valence-electron chi connectivity index (χ2n) is 11.6. The molecule has 0 spiro atoms. The fourth-order valence-electron chi connectivity index (χ4n) is 5.03. The molecule has 0 saturated carbocycles. The van der Waals surface area contributed by atoms with Crippen LogP contribution < -0.4 is 15.4 Å². The van der Waals surface area contributed by atoms with Crippen LogP contribution in [0.25, 0.3) is 0 Å². The number of unbranched alkanes of at least 4 members (excludes halogenated alkanes) is 1. The monoisotopic (exact) mass is 639 g/mol. The van der Waals surface area contributed by atoms with E-state index in [-0.39, 0.29) is 43.0 Å². The minimum absolute atomic E-state index is 0.126. The summed E-state index contributed by atoms with van der Waals surface area (Å²) in [6.07, 6.45) is 2.54. The van der Waals surface area contributed by atoms with Gasteiger partial charge in [-0.15, -0.1) is 0 Å². The maximum atomic E-state index is 13.5. The van der Waals surface area contributed by atoms with Crippen molar-refractivity contribution in [2.45, 2.75) is 57.4 Å². The van der Waals surface area contributed by atoms with Gasteiger partial charge in [-0.05, 0) is 73.6 Å². The number of rotatable bonds is 18. The highest BCUT2D eigenvalue weighted by molar-refractivity contribution is 6.43. The lowest BCUT2D eigenvalue weighted by Gasteiger charge is -2.23. The number of amides is 2. The van der Waals surface area contributed by atoms with Gasteiger partial charge in [0.15, 0.2) is 5.78 Å². The average Bonchev–Trinajstić information content (AvgIpc) is 3.58. The Morgan fingerprint density at radius 2 is 1.45 bits per heavy atom. The molecule has 0 saturated heterocycles. The van der Waals surface area contributed by atoms with E-state index in [1.807, 2.05) is 85.8 Å². The van der Waals surface area contributed by atoms with E-state index < -0.39 is 30.9 Å². The van der Waals surface area contributed by atoms with Gasteiger partial charge in [-0.2, -0.15) is 0 Å². The van der Waals surface area contributed by atoms with Crippen LogP contribution in [0.3, 0.4) is 0 Å². The van der Waals surface area contributed by atoms with Gasteiger partial charge in [-0.1, -0.05) is 72.3 Å². The van der Waals surface area contributed by atoms with Crippen molar-refractivity contribution in [1.82, 2.24) is 15.6 Å². The molecule has 0 fully saturated rings. The van der Waals surface area contributed by atoms with E-state index in [0.717, 1.165) is 34.4 Å². The number of nitrogens with one attached hydrogen (secondary N) is 3. The van der Waals surface area contributed by atoms with Gasteiger partial charge in [0.1, 0.15) is 17.5 Å². The second-order valence-corrected chi connectivity index (χ2v) is 11.6. The Bertz CT molecular complexity index is 1570. The van der Waals surface area contributed by atoms with E-state index in [1.165, 1.54) is 6.07 Å². The molecule has 6 N–H and O–H groups in total. The van der Waals surface area contributed by atoms with Crippen LogP contribution in [0.2, 0.25) is 0 Å². The molecule has 246 valence electrons. The third kappa shape index (κ3) is 11.2. The lowest BCUT2D eigenvalue weighted by atomic mass is 9.75. The van der Waals surface area contributed by atoms with Crippen molar-refractivity contribution in [3.8, 4) is 5.75 Å². The maximum Gasteiger partial charge on any atom is 0.475 e. The molecule has 2 atom stereocenters. The Kier molecular flexibility index (Phi) is 13.3. The van der Waals surface area contributed by atoms with Gasteiger partial charge in [-0.25, -0.2) is 0 Å². The van der Waals surface area contributed by atoms with Crippen molar-refractivity contribution in [3.05, 3.63) is 125 Å². The predicted octanol–water partition coefficient (Wildman–Crippen LogP) is 3.37. The summed E-state index contributed by atoms with van der Waals surface area (Å²) in [5.74, 6) is -1.58. The minimum Gasteiger partial charge on any atom is -0.494 e. The summed E-state index contributed by atoms with van der Waals surface area (Å²) in [7, 11) is -1.82. The number of H-pyrrole nitrogens is 1. The molecule has 47 heavy (non-hydrogen) atoms. The summed E-state index contributed by atoms with van der Waals surface area (Å²) in [5.41, 5.74) is 4.04. The average molecular weight is 640 g/mol. The highest BCUT2D eigenvalue weighted by Crippen LogP contribution is 2.16. The lowest BCUT2D eigenvalue weighted by molar-refractivity contribution is -0.123. The number of hydrogen-bond acceptors (Lipinski definition) is 7. The molecular weight excluding hydrogens is 597 g/mol. The number of carbonyl (C=O) groups is 3. The SMILES string of the molecule is Cc1ccc(C[C@H](NC(=O)c2ccc(C(=O)CCc3ccc(OCCCCO)cc3)[nH]2)C(=O)N[C@@H](Cc2ccccc2)B(O)O)cc1. The van der Waals surface area contributed by atoms with Crippen molar-refractivity contribution in [2.24, 2.45) is 0 Å². The zero-order valence-electron chi connectivity index (χ0n) is 26.5. The van der Waals surface area contributed by atoms with Gasteiger partial charge in [0.25, 0.3) is 5.91 Å². The van der Waals surface area contributed by atoms with Crippen molar-refractivity contribution < 1.29 is 34.3 Å². The summed E-state index contributed by atoms with van der Waals surface area (Å²) in [5, 5.41) is 34.4. The Balaban J connectivity index is 1.38. The molecule has 0 unspecified atom stereocenters. The topological polar surface area (TPSA) is 161 Å². The largest absolute Gasteiger partial charge is 0.494 e. The number of ketones is 1. The summed E-state index contributed by atoms with van der Waals surface area (Å²) in [6.45, 7) is 2.62. The Morgan fingerprint density at radius 1 is 0.787 bits per heavy atom. The summed E-state index contributed by atoms with van der Waals surface area (Å²) in [4.78, 5) is 42.6. The number of benzene rings is 3. The van der Waals surface area contributed by atoms with Gasteiger partial charge < -0.3 is 35.5 Å². The smallest absolute Gasteiger partial charge is 0.475 e. The van der Waals surface area contributed by atoms with Crippen molar-refractivity contribution in [2.75, 3.05) is 13.2 Å². The van der Waals surface area contributed by atoms with Gasteiger partial charge in [0, 0.05) is 19.4 Å². The highest BCUT2D eigenvalue weighted by Gasteiger charge is 2.30. The second kappa shape index (κ2) is 17.8. The molecule has 0 bridgehead atoms. The van der Waals surface area contributed by atoms with Crippen LogP contribution in [-0.4, -0.2) is 70.1 Å². The van der Waals surface area contributed by atoms with E-state index >= 15 is 0 Å². The Hall–Kier alpha value is -4.71. The van der Waals surface area contributed by atoms with Gasteiger partial charge in [-0.3, -0.25) is 14.4 Å². The van der Waals surface area contributed by atoms with Crippen molar-refractivity contribution in [3.63, 3.8) is 0 Å². The lowest BCUT2D eigenvalue weighted by Crippen LogP contribution is -2.55. The number of aliphatic hydroxyl groups is 1. The molecule has 0 aliphatic carbocycles. The van der Waals surface area contributed by atoms with Gasteiger partial charge in [0.2, 0.25) is 5.91 Å². The molecule has 1 heterocycles. The molecule has 0 radical (unpaired) electrons. The molecule has 4 rings (SSSR count). The molecule has 11 heteroatoms. The highest BCUT2D eigenvalue weighted by atomic mass is 16.5. The molecule has 1 aromatic heterocycles. The normalized spacial score (nSPS) is 12.2. The van der Waals surface area contributed by atoms with Crippen LogP contribution in [0, 0.1) is 6.92 Å². The number of aryl methyl sites for hydroxylation is 2. The van der Waals surface area contributed by atoms with E-state index in [9.17, 15) is 24.4 Å². The Labute approximate surface area is 275 Å². The molecule has 10 nitrogen and oxygen atoms in total. The fraction of sp³-hybridized carbons (Fsp3) is 0.306. The fourth-order valence-corrected chi connectivity index (χ4v) is 5.03. The van der Waals surface area contributed by atoms with E-state index in [0.29, 0.717) is 19.4 Å². The number of ether oxygens (including phenoxy) is 1. The molecule has 2 amide bonds. The van der Waals surface area contributed by atoms with E-state index in [4.69, 9.17) is 9.84 Å². The molecule has 0 aliphatic rings. The first-order valence-corrected chi connectivity index (χ1v) is 15.8. The van der Waals surface area contributed by atoms with Crippen LogP contribution in [-0.2, 0) is 24.1 Å². The molecule has 0 aliphatic heterocycles. The van der Waals surface area contributed by atoms with Crippen LogP contribution in [0.4, 0.5) is 0 Å².